The number of thiol groups is 1. The van der Waals surface area contributed by atoms with Crippen LogP contribution in [0.2, 0.25) is 0 Å². The predicted octanol–water partition coefficient (Wildman–Crippen LogP) is 25.3. The van der Waals surface area contributed by atoms with Crippen LogP contribution in [0.4, 0.5) is 5.69 Å². The quantitative estimate of drug-likeness (QED) is 0.0326. The van der Waals surface area contributed by atoms with Gasteiger partial charge in [0.25, 0.3) is 0 Å². The normalized spacial score (nSPS) is 15.2. The largest absolute Gasteiger partial charge is 0.398 e. The van der Waals surface area contributed by atoms with Crippen LogP contribution in [-0.4, -0.2) is 0 Å². The maximum absolute atomic E-state index is 6.14. The minimum Gasteiger partial charge on any atom is -0.398 e. The number of terminal acetylenes is 1. The van der Waals surface area contributed by atoms with Gasteiger partial charge in [0.1, 0.15) is 0 Å². The number of benzene rings is 3. The topological polar surface area (TPSA) is 26.0 Å². The maximum atomic E-state index is 6.14. The van der Waals surface area contributed by atoms with E-state index in [1.807, 2.05) is 73.6 Å². The third-order valence-corrected chi connectivity index (χ3v) is 15.7. The molecule has 0 fully saturated rings. The molecule has 3 aliphatic rings. The molecule has 80 heavy (non-hydrogen) atoms. The van der Waals surface area contributed by atoms with Crippen LogP contribution in [0.1, 0.15) is 280 Å². The summed E-state index contributed by atoms with van der Waals surface area (Å²) >= 11 is 4.37. The molecule has 0 saturated heterocycles. The summed E-state index contributed by atoms with van der Waals surface area (Å²) in [5.41, 5.74) is 28.3. The zero-order valence-corrected chi connectivity index (χ0v) is 57.5. The monoisotopic (exact) mass is 1110 g/mol. The molecule has 0 aromatic heterocycles. The fraction of sp³-hybridized carbons (Fsp3) is 0.564. The Labute approximate surface area is 505 Å². The zero-order chi connectivity index (χ0) is 62.0. The smallest absolute Gasteiger partial charge is 0.0357 e. The molecule has 0 spiro atoms. The minimum absolute atomic E-state index is 0.156. The first-order valence-electron chi connectivity index (χ1n) is 32.1. The van der Waals surface area contributed by atoms with Crippen molar-refractivity contribution in [3.63, 3.8) is 0 Å². The van der Waals surface area contributed by atoms with Gasteiger partial charge >= 0.3 is 0 Å². The maximum Gasteiger partial charge on any atom is 0.0357 e. The fourth-order valence-corrected chi connectivity index (χ4v) is 11.1. The second-order valence-corrected chi connectivity index (χ2v) is 23.0. The van der Waals surface area contributed by atoms with E-state index in [9.17, 15) is 0 Å². The van der Waals surface area contributed by atoms with Crippen molar-refractivity contribution in [3.05, 3.63) is 176 Å². The minimum atomic E-state index is 0.156. The molecule has 2 N–H and O–H groups in total. The second-order valence-electron chi connectivity index (χ2n) is 22.5. The Morgan fingerprint density at radius 1 is 0.762 bits per heavy atom. The summed E-state index contributed by atoms with van der Waals surface area (Å²) < 4.78 is 0. The molecule has 0 aliphatic heterocycles. The van der Waals surface area contributed by atoms with Crippen LogP contribution in [0.15, 0.2) is 142 Å². The fourth-order valence-electron chi connectivity index (χ4n) is 10.9. The first-order chi connectivity index (χ1) is 38.2. The molecular weight excluding hydrogens is 983 g/mol. The van der Waals surface area contributed by atoms with Gasteiger partial charge in [-0.1, -0.05) is 275 Å². The summed E-state index contributed by atoms with van der Waals surface area (Å²) in [5.74, 6) is 1.36. The number of anilines is 1. The molecule has 3 aliphatic carbocycles. The van der Waals surface area contributed by atoms with Crippen molar-refractivity contribution in [1.82, 2.24) is 0 Å². The number of hydrogen-bond acceptors (Lipinski definition) is 2. The highest BCUT2D eigenvalue weighted by Crippen LogP contribution is 2.47. The number of rotatable bonds is 18. The van der Waals surface area contributed by atoms with E-state index in [0.29, 0.717) is 5.92 Å². The summed E-state index contributed by atoms with van der Waals surface area (Å²) in [6.45, 7) is 55.6. The van der Waals surface area contributed by atoms with E-state index in [-0.39, 0.29) is 10.8 Å². The van der Waals surface area contributed by atoms with Crippen LogP contribution in [0.5, 0.6) is 0 Å². The van der Waals surface area contributed by atoms with Crippen LogP contribution in [-0.2, 0) is 24.7 Å². The van der Waals surface area contributed by atoms with Gasteiger partial charge in [0.05, 0.1) is 0 Å². The highest BCUT2D eigenvalue weighted by molar-refractivity contribution is 7.80. The van der Waals surface area contributed by atoms with Crippen LogP contribution in [0, 0.1) is 38.0 Å². The first-order valence-corrected chi connectivity index (χ1v) is 32.5. The Morgan fingerprint density at radius 2 is 1.39 bits per heavy atom. The molecule has 0 bridgehead atoms. The summed E-state index contributed by atoms with van der Waals surface area (Å²) in [4.78, 5) is 0.943. The van der Waals surface area contributed by atoms with Gasteiger partial charge < -0.3 is 5.73 Å². The second kappa shape index (κ2) is 46.1. The molecule has 450 valence electrons. The first kappa shape index (κ1) is 79.8. The van der Waals surface area contributed by atoms with E-state index >= 15 is 0 Å². The molecule has 3 aromatic rings. The summed E-state index contributed by atoms with van der Waals surface area (Å²) in [5, 5.41) is 0. The number of nitrogens with two attached hydrogens (primary N) is 1. The van der Waals surface area contributed by atoms with E-state index in [0.717, 1.165) is 48.6 Å². The van der Waals surface area contributed by atoms with Gasteiger partial charge in [0, 0.05) is 16.0 Å². The number of hydrogen-bond donors (Lipinski definition) is 2. The van der Waals surface area contributed by atoms with Crippen molar-refractivity contribution in [3.8, 4) is 12.8 Å². The van der Waals surface area contributed by atoms with Crippen LogP contribution in [0.25, 0.3) is 0 Å². The lowest BCUT2D eigenvalue weighted by Gasteiger charge is -2.32. The van der Waals surface area contributed by atoms with Gasteiger partial charge in [-0.15, -0.1) is 25.5 Å². The predicted molar refractivity (Wildman–Crippen MR) is 373 cm³/mol. The third-order valence-electron chi connectivity index (χ3n) is 15.4. The van der Waals surface area contributed by atoms with E-state index in [4.69, 9.17) is 5.73 Å². The molecule has 0 radical (unpaired) electrons. The van der Waals surface area contributed by atoms with E-state index in [1.165, 1.54) is 122 Å². The molecule has 2 unspecified atom stereocenters. The highest BCUT2D eigenvalue weighted by atomic mass is 32.1. The standard InChI is InChI=1S/C28H35NS.C27H40.C10H18.C3H8.4C2H6.C2H2/c1-3-20-9-13-27-19(2)14-23-10-8-21(16-24(23)17-25(27)15-20)6-4-5-7-22-11-12-26(30)18-28(22)29;1-19-13-14-20(2)24(18-19)26(6,7)17-11-10-12-23(5)27(8,9)25-21(3)15-16-22(25)4;1-4-6-7-8-9-10(3)5-2;1-3-2;5*1-2/h9,11-13,15-16,18-19,30H,3-8,10,14,17,29H2,1-2H3;10-14,18,21H,15-17H2,1-9H3;5H,2-4,6-9H2,1H3;3H2,1-2H3;4*1-2H3;1-2H/b;11-10+,23-12-;;;;;;;. The number of fused-ring (bicyclic) bond motifs is 1. The van der Waals surface area contributed by atoms with Gasteiger partial charge in [-0.3, -0.25) is 0 Å². The van der Waals surface area contributed by atoms with E-state index < -0.39 is 0 Å². The van der Waals surface area contributed by atoms with E-state index in [2.05, 4.69) is 202 Å². The number of unbranched alkanes of at least 4 members (excludes halogenated alkanes) is 4. The van der Waals surface area contributed by atoms with Crippen molar-refractivity contribution < 1.29 is 0 Å². The Balaban J connectivity index is -0.00000108. The van der Waals surface area contributed by atoms with Crippen molar-refractivity contribution in [2.75, 3.05) is 5.73 Å². The summed E-state index contributed by atoms with van der Waals surface area (Å²) in [6.07, 6.45) is 41.4. The molecule has 1 nitrogen and oxygen atoms in total. The highest BCUT2D eigenvalue weighted by Gasteiger charge is 2.33. The van der Waals surface area contributed by atoms with Gasteiger partial charge in [-0.05, 0) is 186 Å². The average Bonchev–Trinajstić information content (AvgIpc) is 3.74. The Hall–Kier alpha value is -4.45. The van der Waals surface area contributed by atoms with Crippen molar-refractivity contribution in [2.45, 2.75) is 284 Å². The van der Waals surface area contributed by atoms with Gasteiger partial charge in [0.2, 0.25) is 0 Å². The molecule has 0 amide bonds. The number of nitrogen functional groups attached to an aromatic ring is 1. The van der Waals surface area contributed by atoms with E-state index in [1.54, 1.807) is 39.0 Å². The summed E-state index contributed by atoms with van der Waals surface area (Å²) in [6, 6.07) is 20.1. The van der Waals surface area contributed by atoms with Gasteiger partial charge in [-0.2, -0.15) is 0 Å². The van der Waals surface area contributed by atoms with Crippen molar-refractivity contribution in [2.24, 2.45) is 11.3 Å². The molecule has 0 saturated carbocycles. The number of aryl methyl sites for hydroxylation is 4. The average molecular weight is 1110 g/mol. The molecule has 3 aromatic carbocycles. The Bertz CT molecular complexity index is 2350. The Kier molecular flexibility index (Phi) is 46.0. The van der Waals surface area contributed by atoms with Gasteiger partial charge in [-0.25, -0.2) is 0 Å². The summed E-state index contributed by atoms with van der Waals surface area (Å²) in [7, 11) is 0. The van der Waals surface area contributed by atoms with Crippen LogP contribution in [0.3, 0.4) is 0 Å². The lowest BCUT2D eigenvalue weighted by atomic mass is 9.73. The lowest BCUT2D eigenvalue weighted by Crippen LogP contribution is -2.20. The lowest BCUT2D eigenvalue weighted by molar-refractivity contribution is 0.468. The molecular formula is C78H127NS. The zero-order valence-electron chi connectivity index (χ0n) is 56.6. The van der Waals surface area contributed by atoms with Crippen LogP contribution < -0.4 is 5.73 Å². The van der Waals surface area contributed by atoms with Crippen LogP contribution >= 0.6 is 12.6 Å². The van der Waals surface area contributed by atoms with Gasteiger partial charge in [0.15, 0.2) is 0 Å². The number of allylic oxidation sites excluding steroid dienone is 12. The third kappa shape index (κ3) is 29.0. The SMILES string of the molecule is C#C.C=CC(=C)CCCCCC.CC.CC.CC.CC.CC1=C(C(C)(C)/C(C)=C\C=C\CC(C)(C)c2cc(C)ccc2C)C(C)CC1.CCC.CCc1ccc2c(c1)CC1=C(CCC(CCCCc3ccc(S)cc3N)=C1)CC2C. The molecule has 2 atom stereocenters. The van der Waals surface area contributed by atoms with Crippen molar-refractivity contribution >= 4 is 18.3 Å². The Morgan fingerprint density at radius 3 is 1.95 bits per heavy atom. The molecule has 6 rings (SSSR count). The molecule has 2 heteroatoms. The van der Waals surface area contributed by atoms with Crippen molar-refractivity contribution in [1.29, 1.82) is 0 Å². The molecule has 0 heterocycles.